The highest BCUT2D eigenvalue weighted by Crippen LogP contribution is 2.18. The van der Waals surface area contributed by atoms with Gasteiger partial charge in [-0.2, -0.15) is 0 Å². The SMILES string of the molecule is CSc1ccc(NC(=O)N2CCOC(Cc3ccc(F)cc3)C2)cc1. The van der Waals surface area contributed by atoms with Crippen LogP contribution in [-0.4, -0.2) is 43.0 Å². The molecule has 2 amide bonds. The van der Waals surface area contributed by atoms with E-state index in [2.05, 4.69) is 5.32 Å². The fraction of sp³-hybridized carbons (Fsp3) is 0.316. The monoisotopic (exact) mass is 360 g/mol. The van der Waals surface area contributed by atoms with Crippen LogP contribution >= 0.6 is 11.8 Å². The van der Waals surface area contributed by atoms with Gasteiger partial charge < -0.3 is 15.0 Å². The summed E-state index contributed by atoms with van der Waals surface area (Å²) in [4.78, 5) is 15.4. The number of amides is 2. The van der Waals surface area contributed by atoms with Gasteiger partial charge in [0.2, 0.25) is 0 Å². The summed E-state index contributed by atoms with van der Waals surface area (Å²) >= 11 is 1.66. The van der Waals surface area contributed by atoms with E-state index >= 15 is 0 Å². The number of anilines is 1. The minimum absolute atomic E-state index is 0.0798. The Morgan fingerprint density at radius 3 is 2.64 bits per heavy atom. The number of nitrogens with one attached hydrogen (secondary N) is 1. The molecule has 1 saturated heterocycles. The van der Waals surface area contributed by atoms with Crippen LogP contribution in [0, 0.1) is 5.82 Å². The second-order valence-electron chi connectivity index (χ2n) is 5.93. The van der Waals surface area contributed by atoms with Gasteiger partial charge in [0.05, 0.1) is 12.7 Å². The molecule has 25 heavy (non-hydrogen) atoms. The summed E-state index contributed by atoms with van der Waals surface area (Å²) in [5, 5.41) is 2.93. The van der Waals surface area contributed by atoms with Crippen LogP contribution in [-0.2, 0) is 11.2 Å². The molecule has 0 aromatic heterocycles. The third-order valence-electron chi connectivity index (χ3n) is 4.14. The molecule has 0 bridgehead atoms. The Kier molecular flexibility index (Phi) is 5.94. The molecule has 1 unspecified atom stereocenters. The maximum Gasteiger partial charge on any atom is 0.322 e. The number of urea groups is 1. The smallest absolute Gasteiger partial charge is 0.322 e. The Hall–Kier alpha value is -2.05. The molecule has 6 heteroatoms. The molecule has 2 aromatic carbocycles. The van der Waals surface area contributed by atoms with E-state index in [4.69, 9.17) is 4.74 Å². The zero-order chi connectivity index (χ0) is 17.6. The van der Waals surface area contributed by atoms with Crippen molar-refractivity contribution in [3.05, 3.63) is 59.9 Å². The van der Waals surface area contributed by atoms with E-state index in [0.29, 0.717) is 26.1 Å². The molecule has 4 nitrogen and oxygen atoms in total. The van der Waals surface area contributed by atoms with E-state index in [1.54, 1.807) is 28.8 Å². The molecule has 0 aliphatic carbocycles. The third kappa shape index (κ3) is 4.96. The summed E-state index contributed by atoms with van der Waals surface area (Å²) in [6.45, 7) is 1.59. The molecule has 2 aromatic rings. The van der Waals surface area contributed by atoms with Gasteiger partial charge in [0.25, 0.3) is 0 Å². The number of benzene rings is 2. The first-order valence-electron chi connectivity index (χ1n) is 8.20. The largest absolute Gasteiger partial charge is 0.374 e. The number of hydrogen-bond acceptors (Lipinski definition) is 3. The normalized spacial score (nSPS) is 17.4. The molecule has 132 valence electrons. The molecule has 1 atom stereocenters. The van der Waals surface area contributed by atoms with E-state index in [1.165, 1.54) is 12.1 Å². The second-order valence-corrected chi connectivity index (χ2v) is 6.81. The van der Waals surface area contributed by atoms with Crippen LogP contribution < -0.4 is 5.32 Å². The number of thioether (sulfide) groups is 1. The number of nitrogens with zero attached hydrogens (tertiary/aromatic N) is 1. The minimum atomic E-state index is -0.248. The Labute approximate surface area is 151 Å². The van der Waals surface area contributed by atoms with Crippen molar-refractivity contribution in [2.75, 3.05) is 31.3 Å². The topological polar surface area (TPSA) is 41.6 Å². The van der Waals surface area contributed by atoms with E-state index in [0.717, 1.165) is 16.1 Å². The van der Waals surface area contributed by atoms with Gasteiger partial charge in [-0.15, -0.1) is 11.8 Å². The Morgan fingerprint density at radius 2 is 1.96 bits per heavy atom. The second kappa shape index (κ2) is 8.36. The predicted octanol–water partition coefficient (Wildman–Crippen LogP) is 4.02. The Morgan fingerprint density at radius 1 is 1.24 bits per heavy atom. The van der Waals surface area contributed by atoms with Crippen molar-refractivity contribution in [2.45, 2.75) is 17.4 Å². The summed E-state index contributed by atoms with van der Waals surface area (Å²) < 4.78 is 18.7. The highest BCUT2D eigenvalue weighted by atomic mass is 32.2. The zero-order valence-corrected chi connectivity index (χ0v) is 14.9. The van der Waals surface area contributed by atoms with E-state index in [-0.39, 0.29) is 18.0 Å². The van der Waals surface area contributed by atoms with E-state index < -0.39 is 0 Å². The van der Waals surface area contributed by atoms with Crippen molar-refractivity contribution in [2.24, 2.45) is 0 Å². The summed E-state index contributed by atoms with van der Waals surface area (Å²) in [6.07, 6.45) is 2.60. The van der Waals surface area contributed by atoms with Crippen LogP contribution in [0.5, 0.6) is 0 Å². The lowest BCUT2D eigenvalue weighted by Gasteiger charge is -2.33. The third-order valence-corrected chi connectivity index (χ3v) is 4.89. The molecule has 1 N–H and O–H groups in total. The molecule has 1 aliphatic heterocycles. The van der Waals surface area contributed by atoms with Gasteiger partial charge in [0.1, 0.15) is 5.82 Å². The van der Waals surface area contributed by atoms with Gasteiger partial charge in [0, 0.05) is 30.1 Å². The lowest BCUT2D eigenvalue weighted by Crippen LogP contribution is -2.48. The van der Waals surface area contributed by atoms with Crippen molar-refractivity contribution in [1.29, 1.82) is 0 Å². The predicted molar refractivity (Wildman–Crippen MR) is 98.7 cm³/mol. The molecule has 1 fully saturated rings. The number of rotatable bonds is 4. The number of carbonyl (C=O) groups excluding carboxylic acids is 1. The van der Waals surface area contributed by atoms with Gasteiger partial charge in [-0.05, 0) is 48.2 Å². The van der Waals surface area contributed by atoms with Crippen molar-refractivity contribution in [1.82, 2.24) is 4.90 Å². The molecule has 0 radical (unpaired) electrons. The highest BCUT2D eigenvalue weighted by molar-refractivity contribution is 7.98. The number of morpholine rings is 1. The van der Waals surface area contributed by atoms with Crippen LogP contribution in [0.1, 0.15) is 5.56 Å². The van der Waals surface area contributed by atoms with Crippen molar-refractivity contribution < 1.29 is 13.9 Å². The number of carbonyl (C=O) groups is 1. The Bertz CT molecular complexity index is 706. The van der Waals surface area contributed by atoms with Gasteiger partial charge >= 0.3 is 6.03 Å². The first kappa shape index (κ1) is 17.8. The molecule has 3 rings (SSSR count). The van der Waals surface area contributed by atoms with E-state index in [9.17, 15) is 9.18 Å². The first-order chi connectivity index (χ1) is 12.1. The van der Waals surface area contributed by atoms with Crippen LogP contribution in [0.3, 0.4) is 0 Å². The summed E-state index contributed by atoms with van der Waals surface area (Å²) in [6, 6.07) is 14.1. The fourth-order valence-electron chi connectivity index (χ4n) is 2.79. The molecular formula is C19H21FN2O2S. The van der Waals surface area contributed by atoms with Gasteiger partial charge in [-0.25, -0.2) is 9.18 Å². The number of halogens is 1. The first-order valence-corrected chi connectivity index (χ1v) is 9.42. The zero-order valence-electron chi connectivity index (χ0n) is 14.1. The van der Waals surface area contributed by atoms with Gasteiger partial charge in [0.15, 0.2) is 0 Å². The lowest BCUT2D eigenvalue weighted by molar-refractivity contribution is -0.0113. The summed E-state index contributed by atoms with van der Waals surface area (Å²) in [5.41, 5.74) is 1.78. The standard InChI is InChI=1S/C19H21FN2O2S/c1-25-18-8-6-16(7-9-18)21-19(23)22-10-11-24-17(13-22)12-14-2-4-15(20)5-3-14/h2-9,17H,10-13H2,1H3,(H,21,23). The van der Waals surface area contributed by atoms with Gasteiger partial charge in [-0.3, -0.25) is 0 Å². The maximum atomic E-state index is 13.0. The minimum Gasteiger partial charge on any atom is -0.374 e. The number of ether oxygens (including phenoxy) is 1. The molecule has 1 heterocycles. The summed E-state index contributed by atoms with van der Waals surface area (Å²) in [7, 11) is 0. The Balaban J connectivity index is 1.56. The fourth-order valence-corrected chi connectivity index (χ4v) is 3.20. The molecular weight excluding hydrogens is 339 g/mol. The van der Waals surface area contributed by atoms with Crippen LogP contribution in [0.15, 0.2) is 53.4 Å². The van der Waals surface area contributed by atoms with Crippen molar-refractivity contribution >= 4 is 23.5 Å². The number of hydrogen-bond donors (Lipinski definition) is 1. The maximum absolute atomic E-state index is 13.0. The summed E-state index contributed by atoms with van der Waals surface area (Å²) in [5.74, 6) is -0.248. The quantitative estimate of drug-likeness (QED) is 0.837. The van der Waals surface area contributed by atoms with Crippen molar-refractivity contribution in [3.63, 3.8) is 0 Å². The van der Waals surface area contributed by atoms with Crippen LogP contribution in [0.25, 0.3) is 0 Å². The van der Waals surface area contributed by atoms with Crippen LogP contribution in [0.2, 0.25) is 0 Å². The van der Waals surface area contributed by atoms with Crippen molar-refractivity contribution in [3.8, 4) is 0 Å². The average Bonchev–Trinajstić information content (AvgIpc) is 2.64. The molecule has 0 saturated carbocycles. The average molecular weight is 360 g/mol. The van der Waals surface area contributed by atoms with E-state index in [1.807, 2.05) is 30.5 Å². The molecule has 0 spiro atoms. The van der Waals surface area contributed by atoms with Crippen LogP contribution in [0.4, 0.5) is 14.9 Å². The lowest BCUT2D eigenvalue weighted by atomic mass is 10.1. The molecule has 1 aliphatic rings. The van der Waals surface area contributed by atoms with Gasteiger partial charge in [-0.1, -0.05) is 12.1 Å². The highest BCUT2D eigenvalue weighted by Gasteiger charge is 2.24.